The molecule has 2 nitrogen and oxygen atoms in total. The van der Waals surface area contributed by atoms with Crippen molar-refractivity contribution in [3.63, 3.8) is 0 Å². The molecule has 0 fully saturated rings. The van der Waals surface area contributed by atoms with Crippen molar-refractivity contribution in [2.75, 3.05) is 6.61 Å². The van der Waals surface area contributed by atoms with Gasteiger partial charge in [0.05, 0.1) is 6.61 Å². The zero-order valence-electron chi connectivity index (χ0n) is 6.39. The second-order valence-electron chi connectivity index (χ2n) is 2.62. The Kier molecular flexibility index (Phi) is 5.69. The molecule has 0 aromatic heterocycles. The average molecular weight is 209 g/mol. The van der Waals surface area contributed by atoms with Crippen LogP contribution in [0.25, 0.3) is 0 Å². The Morgan fingerprint density at radius 3 is 2.60 bits per heavy atom. The summed E-state index contributed by atoms with van der Waals surface area (Å²) in [6.45, 7) is 4.83. The monoisotopic (exact) mass is 208 g/mol. The highest BCUT2D eigenvalue weighted by atomic mass is 79.9. The molecule has 0 unspecified atom stereocenters. The summed E-state index contributed by atoms with van der Waals surface area (Å²) in [7, 11) is 0. The number of carbonyl (C=O) groups excluding carboxylic acids is 1. The van der Waals surface area contributed by atoms with E-state index in [-0.39, 0.29) is 4.88 Å². The molecule has 0 bridgehead atoms. The van der Waals surface area contributed by atoms with Crippen LogP contribution in [0.2, 0.25) is 0 Å². The minimum Gasteiger partial charge on any atom is -0.457 e. The second-order valence-corrected chi connectivity index (χ2v) is 3.27. The standard InChI is InChI=1S/C7H13BrO2/c1-6(2)4-3-5-10-7(8)9/h6H,3-5H2,1-2H3. The van der Waals surface area contributed by atoms with Crippen LogP contribution in [-0.2, 0) is 4.74 Å². The van der Waals surface area contributed by atoms with Crippen molar-refractivity contribution in [1.82, 2.24) is 0 Å². The Morgan fingerprint density at radius 2 is 2.20 bits per heavy atom. The molecule has 3 heteroatoms. The molecule has 60 valence electrons. The summed E-state index contributed by atoms with van der Waals surface area (Å²) in [6, 6.07) is 0. The largest absolute Gasteiger partial charge is 0.457 e. The smallest absolute Gasteiger partial charge is 0.374 e. The number of hydrogen-bond acceptors (Lipinski definition) is 2. The van der Waals surface area contributed by atoms with Gasteiger partial charge in [0, 0.05) is 15.9 Å². The third-order valence-electron chi connectivity index (χ3n) is 1.14. The van der Waals surface area contributed by atoms with E-state index in [1.165, 1.54) is 0 Å². The summed E-state index contributed by atoms with van der Waals surface area (Å²) in [4.78, 5) is 9.82. The molecule has 0 heterocycles. The van der Waals surface area contributed by atoms with Crippen molar-refractivity contribution in [2.24, 2.45) is 5.92 Å². The van der Waals surface area contributed by atoms with E-state index in [0.717, 1.165) is 12.8 Å². The van der Waals surface area contributed by atoms with Gasteiger partial charge in [0.2, 0.25) is 0 Å². The van der Waals surface area contributed by atoms with E-state index < -0.39 is 0 Å². The predicted molar refractivity (Wildman–Crippen MR) is 44.3 cm³/mol. The fraction of sp³-hybridized carbons (Fsp3) is 0.857. The first-order valence-corrected chi connectivity index (χ1v) is 4.24. The SMILES string of the molecule is CC(C)CCCOC(=O)Br. The van der Waals surface area contributed by atoms with E-state index in [0.29, 0.717) is 12.5 Å². The van der Waals surface area contributed by atoms with Crippen LogP contribution in [0.5, 0.6) is 0 Å². The Bertz CT molecular complexity index is 102. The van der Waals surface area contributed by atoms with Crippen LogP contribution >= 0.6 is 15.9 Å². The van der Waals surface area contributed by atoms with Crippen molar-refractivity contribution in [3.05, 3.63) is 0 Å². The maximum Gasteiger partial charge on any atom is 0.374 e. The topological polar surface area (TPSA) is 26.3 Å². The van der Waals surface area contributed by atoms with E-state index in [9.17, 15) is 4.79 Å². The average Bonchev–Trinajstić information content (AvgIpc) is 1.79. The first-order chi connectivity index (χ1) is 4.63. The summed E-state index contributed by atoms with van der Waals surface area (Å²) in [5.74, 6) is 0.689. The van der Waals surface area contributed by atoms with Gasteiger partial charge in [-0.3, -0.25) is 0 Å². The van der Waals surface area contributed by atoms with Crippen molar-refractivity contribution >= 4 is 20.8 Å². The lowest BCUT2D eigenvalue weighted by molar-refractivity contribution is 0.172. The maximum absolute atomic E-state index is 10.2. The molecule has 0 N–H and O–H groups in total. The first kappa shape index (κ1) is 9.95. The molecule has 0 aliphatic heterocycles. The molecule has 0 saturated carbocycles. The molecule has 0 spiro atoms. The molecule has 0 aliphatic rings. The van der Waals surface area contributed by atoms with Gasteiger partial charge in [-0.05, 0) is 18.8 Å². The van der Waals surface area contributed by atoms with Crippen LogP contribution in [0.15, 0.2) is 0 Å². The third-order valence-corrected chi connectivity index (χ3v) is 1.37. The second kappa shape index (κ2) is 5.71. The summed E-state index contributed by atoms with van der Waals surface area (Å²) in [5.41, 5.74) is 0. The molecular formula is C7H13BrO2. The summed E-state index contributed by atoms with van der Waals surface area (Å²) >= 11 is 2.68. The molecule has 10 heavy (non-hydrogen) atoms. The lowest BCUT2D eigenvalue weighted by Crippen LogP contribution is -1.97. The number of hydrogen-bond donors (Lipinski definition) is 0. The van der Waals surface area contributed by atoms with E-state index in [4.69, 9.17) is 0 Å². The molecule has 0 radical (unpaired) electrons. The van der Waals surface area contributed by atoms with Gasteiger partial charge in [0.15, 0.2) is 0 Å². The van der Waals surface area contributed by atoms with Gasteiger partial charge >= 0.3 is 4.88 Å². The lowest BCUT2D eigenvalue weighted by Gasteiger charge is -2.02. The van der Waals surface area contributed by atoms with Gasteiger partial charge in [-0.15, -0.1) is 0 Å². The third kappa shape index (κ3) is 7.95. The van der Waals surface area contributed by atoms with Gasteiger partial charge in [-0.25, -0.2) is 4.79 Å². The Morgan fingerprint density at radius 1 is 1.60 bits per heavy atom. The number of ether oxygens (including phenoxy) is 1. The van der Waals surface area contributed by atoms with E-state index in [1.807, 2.05) is 0 Å². The van der Waals surface area contributed by atoms with Crippen molar-refractivity contribution in [1.29, 1.82) is 0 Å². The fourth-order valence-electron chi connectivity index (χ4n) is 0.644. The first-order valence-electron chi connectivity index (χ1n) is 3.45. The number of carbonyl (C=O) groups is 1. The van der Waals surface area contributed by atoms with E-state index in [1.54, 1.807) is 0 Å². The minimum atomic E-state index is -0.365. The molecule has 0 aromatic rings. The van der Waals surface area contributed by atoms with Crippen LogP contribution in [0.1, 0.15) is 26.7 Å². The molecule has 0 atom stereocenters. The molecule has 0 aromatic carbocycles. The molecule has 0 rings (SSSR count). The van der Waals surface area contributed by atoms with Crippen LogP contribution in [-0.4, -0.2) is 11.5 Å². The predicted octanol–water partition coefficient (Wildman–Crippen LogP) is 2.95. The maximum atomic E-state index is 10.2. The van der Waals surface area contributed by atoms with Crippen molar-refractivity contribution < 1.29 is 9.53 Å². The van der Waals surface area contributed by atoms with Gasteiger partial charge < -0.3 is 4.74 Å². The van der Waals surface area contributed by atoms with Crippen molar-refractivity contribution in [2.45, 2.75) is 26.7 Å². The summed E-state index contributed by atoms with van der Waals surface area (Å²) < 4.78 is 4.67. The quantitative estimate of drug-likeness (QED) is 0.525. The van der Waals surface area contributed by atoms with Gasteiger partial charge in [0.25, 0.3) is 0 Å². The summed E-state index contributed by atoms with van der Waals surface area (Å²) in [5, 5.41) is 0. The number of rotatable bonds is 4. The highest BCUT2D eigenvalue weighted by Crippen LogP contribution is 2.03. The van der Waals surface area contributed by atoms with Crippen molar-refractivity contribution in [3.8, 4) is 0 Å². The van der Waals surface area contributed by atoms with Gasteiger partial charge in [-0.1, -0.05) is 13.8 Å². The Hall–Kier alpha value is -0.0500. The molecule has 0 saturated heterocycles. The Balaban J connectivity index is 2.98. The highest BCUT2D eigenvalue weighted by molar-refractivity contribution is 9.18. The van der Waals surface area contributed by atoms with E-state index >= 15 is 0 Å². The van der Waals surface area contributed by atoms with Crippen LogP contribution in [0.4, 0.5) is 4.79 Å². The number of halogens is 1. The van der Waals surface area contributed by atoms with Gasteiger partial charge in [0.1, 0.15) is 0 Å². The van der Waals surface area contributed by atoms with Gasteiger partial charge in [-0.2, -0.15) is 0 Å². The molecule has 0 amide bonds. The zero-order chi connectivity index (χ0) is 7.98. The van der Waals surface area contributed by atoms with Crippen LogP contribution in [0, 0.1) is 5.92 Å². The zero-order valence-corrected chi connectivity index (χ0v) is 7.98. The highest BCUT2D eigenvalue weighted by Gasteiger charge is 1.96. The Labute approximate surface area is 70.1 Å². The molecule has 0 aliphatic carbocycles. The minimum absolute atomic E-state index is 0.365. The lowest BCUT2D eigenvalue weighted by atomic mass is 10.1. The van der Waals surface area contributed by atoms with Crippen LogP contribution < -0.4 is 0 Å². The van der Waals surface area contributed by atoms with E-state index in [2.05, 4.69) is 34.5 Å². The fourth-order valence-corrected chi connectivity index (χ4v) is 0.806. The molecular weight excluding hydrogens is 196 g/mol. The normalized spacial score (nSPS) is 10.0. The van der Waals surface area contributed by atoms with Crippen LogP contribution in [0.3, 0.4) is 0 Å². The summed E-state index contributed by atoms with van der Waals surface area (Å²) in [6.07, 6.45) is 2.06.